The van der Waals surface area contributed by atoms with Crippen molar-refractivity contribution in [1.82, 2.24) is 25.7 Å². The fraction of sp³-hybridized carbons (Fsp3) is 0.381. The molecule has 2 heterocycles. The summed E-state index contributed by atoms with van der Waals surface area (Å²) in [5.74, 6) is 1.22. The third kappa shape index (κ3) is 6.26. The summed E-state index contributed by atoms with van der Waals surface area (Å²) in [7, 11) is 0. The number of hydrogen-bond donors (Lipinski definition) is 3. The van der Waals surface area contributed by atoms with E-state index in [2.05, 4.69) is 31.0 Å². The SMILES string of the molecule is CC(C)CC(NC(=O)CCCc1nnc(-c2ccccc2)o1)C(=O)Nc1ccn[nH]1. The summed E-state index contributed by atoms with van der Waals surface area (Å²) < 4.78 is 5.65. The monoisotopic (exact) mass is 410 g/mol. The number of aromatic amines is 1. The Kier molecular flexibility index (Phi) is 7.31. The molecule has 2 amide bonds. The van der Waals surface area contributed by atoms with Gasteiger partial charge in [-0.15, -0.1) is 10.2 Å². The Morgan fingerprint density at radius 1 is 1.13 bits per heavy atom. The van der Waals surface area contributed by atoms with Crippen LogP contribution in [0.15, 0.2) is 47.0 Å². The predicted octanol–water partition coefficient (Wildman–Crippen LogP) is 2.95. The number of hydrogen-bond acceptors (Lipinski definition) is 6. The van der Waals surface area contributed by atoms with Crippen molar-refractivity contribution in [2.45, 2.75) is 45.6 Å². The first-order chi connectivity index (χ1) is 14.5. The van der Waals surface area contributed by atoms with Crippen LogP contribution >= 0.6 is 0 Å². The van der Waals surface area contributed by atoms with Crippen LogP contribution in [0.25, 0.3) is 11.5 Å². The Morgan fingerprint density at radius 3 is 2.63 bits per heavy atom. The average molecular weight is 410 g/mol. The molecule has 0 aliphatic carbocycles. The van der Waals surface area contributed by atoms with Gasteiger partial charge in [0.15, 0.2) is 0 Å². The number of carbonyl (C=O) groups is 2. The fourth-order valence-electron chi connectivity index (χ4n) is 2.97. The number of H-pyrrole nitrogens is 1. The quantitative estimate of drug-likeness (QED) is 0.472. The highest BCUT2D eigenvalue weighted by molar-refractivity contribution is 5.96. The van der Waals surface area contributed by atoms with Gasteiger partial charge in [-0.2, -0.15) is 5.10 Å². The Bertz CT molecular complexity index is 937. The van der Waals surface area contributed by atoms with Gasteiger partial charge in [-0.1, -0.05) is 32.0 Å². The van der Waals surface area contributed by atoms with Gasteiger partial charge in [0, 0.05) is 24.5 Å². The molecule has 2 aromatic heterocycles. The molecule has 0 saturated carbocycles. The fourth-order valence-corrected chi connectivity index (χ4v) is 2.97. The second kappa shape index (κ2) is 10.3. The lowest BCUT2D eigenvalue weighted by atomic mass is 10.0. The second-order valence-corrected chi connectivity index (χ2v) is 7.43. The van der Waals surface area contributed by atoms with Crippen LogP contribution < -0.4 is 10.6 Å². The molecule has 9 nitrogen and oxygen atoms in total. The lowest BCUT2D eigenvalue weighted by molar-refractivity contribution is -0.126. The van der Waals surface area contributed by atoms with Gasteiger partial charge in [-0.3, -0.25) is 14.7 Å². The molecule has 0 radical (unpaired) electrons. The number of anilines is 1. The van der Waals surface area contributed by atoms with Gasteiger partial charge in [0.2, 0.25) is 23.6 Å². The smallest absolute Gasteiger partial charge is 0.248 e. The second-order valence-electron chi connectivity index (χ2n) is 7.43. The summed E-state index contributed by atoms with van der Waals surface area (Å²) in [6, 6.07) is 10.6. The van der Waals surface area contributed by atoms with E-state index in [4.69, 9.17) is 4.42 Å². The molecule has 0 aliphatic rings. The van der Waals surface area contributed by atoms with Crippen LogP contribution in [-0.2, 0) is 16.0 Å². The van der Waals surface area contributed by atoms with Crippen molar-refractivity contribution >= 4 is 17.6 Å². The number of carbonyl (C=O) groups excluding carboxylic acids is 2. The van der Waals surface area contributed by atoms with Crippen molar-refractivity contribution in [3.63, 3.8) is 0 Å². The van der Waals surface area contributed by atoms with E-state index in [0.717, 1.165) is 5.56 Å². The van der Waals surface area contributed by atoms with Gasteiger partial charge in [0.25, 0.3) is 0 Å². The lowest BCUT2D eigenvalue weighted by Crippen LogP contribution is -2.44. The first-order valence-corrected chi connectivity index (χ1v) is 9.98. The standard InChI is InChI=1S/C21H26N6O3/c1-14(2)13-16(20(29)24-17-11-12-22-25-17)23-18(28)9-6-10-19-26-27-21(30-19)15-7-4-3-5-8-15/h3-5,7-8,11-12,14,16H,6,9-10,13H2,1-2H3,(H,23,28)(H2,22,24,25,29). The van der Waals surface area contributed by atoms with E-state index in [1.165, 1.54) is 0 Å². The van der Waals surface area contributed by atoms with E-state index < -0.39 is 6.04 Å². The average Bonchev–Trinajstić information content (AvgIpc) is 3.40. The van der Waals surface area contributed by atoms with Crippen LogP contribution in [0, 0.1) is 5.92 Å². The highest BCUT2D eigenvalue weighted by Crippen LogP contribution is 2.17. The molecule has 0 fully saturated rings. The highest BCUT2D eigenvalue weighted by atomic mass is 16.4. The molecule has 1 unspecified atom stereocenters. The molecule has 9 heteroatoms. The van der Waals surface area contributed by atoms with Crippen molar-refractivity contribution in [2.24, 2.45) is 5.92 Å². The van der Waals surface area contributed by atoms with Crippen LogP contribution in [0.5, 0.6) is 0 Å². The van der Waals surface area contributed by atoms with Crippen molar-refractivity contribution in [1.29, 1.82) is 0 Å². The molecule has 3 N–H and O–H groups in total. The molecule has 158 valence electrons. The summed E-state index contributed by atoms with van der Waals surface area (Å²) >= 11 is 0. The van der Waals surface area contributed by atoms with Crippen LogP contribution in [0.2, 0.25) is 0 Å². The van der Waals surface area contributed by atoms with Crippen molar-refractivity contribution in [2.75, 3.05) is 5.32 Å². The molecule has 0 bridgehead atoms. The Morgan fingerprint density at radius 2 is 1.93 bits per heavy atom. The van der Waals surface area contributed by atoms with Gasteiger partial charge < -0.3 is 15.1 Å². The third-order valence-corrected chi connectivity index (χ3v) is 4.40. The largest absolute Gasteiger partial charge is 0.421 e. The Hall–Kier alpha value is -3.49. The van der Waals surface area contributed by atoms with Crippen molar-refractivity contribution in [3.05, 3.63) is 48.5 Å². The normalized spacial score (nSPS) is 12.0. The molecule has 1 atom stereocenters. The number of nitrogens with zero attached hydrogens (tertiary/aromatic N) is 3. The molecule has 0 spiro atoms. The number of nitrogens with one attached hydrogen (secondary N) is 3. The Labute approximate surface area is 174 Å². The number of rotatable bonds is 10. The van der Waals surface area contributed by atoms with Gasteiger partial charge in [-0.05, 0) is 30.9 Å². The molecular formula is C21H26N6O3. The maximum Gasteiger partial charge on any atom is 0.248 e. The zero-order valence-corrected chi connectivity index (χ0v) is 17.1. The molecule has 1 aromatic carbocycles. The number of aryl methyl sites for hydroxylation is 1. The van der Waals surface area contributed by atoms with E-state index in [0.29, 0.717) is 36.9 Å². The zero-order chi connectivity index (χ0) is 21.3. The minimum absolute atomic E-state index is 0.191. The highest BCUT2D eigenvalue weighted by Gasteiger charge is 2.22. The van der Waals surface area contributed by atoms with Gasteiger partial charge in [0.1, 0.15) is 11.9 Å². The summed E-state index contributed by atoms with van der Waals surface area (Å²) in [5.41, 5.74) is 0.855. The molecule has 3 rings (SSSR count). The first-order valence-electron chi connectivity index (χ1n) is 9.98. The van der Waals surface area contributed by atoms with E-state index in [1.54, 1.807) is 12.3 Å². The Balaban J connectivity index is 1.48. The summed E-state index contributed by atoms with van der Waals surface area (Å²) in [4.78, 5) is 24.9. The van der Waals surface area contributed by atoms with Crippen LogP contribution in [-0.4, -0.2) is 38.3 Å². The van der Waals surface area contributed by atoms with Gasteiger partial charge >= 0.3 is 0 Å². The predicted molar refractivity (Wildman–Crippen MR) is 111 cm³/mol. The summed E-state index contributed by atoms with van der Waals surface area (Å²) in [6.07, 6.45) is 3.37. The molecule has 30 heavy (non-hydrogen) atoms. The molecule has 0 aliphatic heterocycles. The number of amides is 2. The van der Waals surface area contributed by atoms with E-state index in [1.807, 2.05) is 44.2 Å². The van der Waals surface area contributed by atoms with Crippen molar-refractivity contribution < 1.29 is 14.0 Å². The summed E-state index contributed by atoms with van der Waals surface area (Å²) in [5, 5.41) is 20.1. The van der Waals surface area contributed by atoms with Crippen LogP contribution in [0.1, 0.15) is 39.0 Å². The maximum absolute atomic E-state index is 12.5. The van der Waals surface area contributed by atoms with Crippen molar-refractivity contribution in [3.8, 4) is 11.5 Å². The number of benzene rings is 1. The molecular weight excluding hydrogens is 384 g/mol. The minimum Gasteiger partial charge on any atom is -0.421 e. The van der Waals surface area contributed by atoms with Crippen LogP contribution in [0.4, 0.5) is 5.82 Å². The van der Waals surface area contributed by atoms with Gasteiger partial charge in [0.05, 0.1) is 6.20 Å². The lowest BCUT2D eigenvalue weighted by Gasteiger charge is -2.19. The number of aromatic nitrogens is 4. The maximum atomic E-state index is 12.5. The molecule has 3 aromatic rings. The third-order valence-electron chi connectivity index (χ3n) is 4.40. The zero-order valence-electron chi connectivity index (χ0n) is 17.1. The van der Waals surface area contributed by atoms with E-state index >= 15 is 0 Å². The van der Waals surface area contributed by atoms with Gasteiger partial charge in [-0.25, -0.2) is 0 Å². The minimum atomic E-state index is -0.617. The first kappa shape index (κ1) is 21.2. The van der Waals surface area contributed by atoms with Crippen LogP contribution in [0.3, 0.4) is 0 Å². The topological polar surface area (TPSA) is 126 Å². The van der Waals surface area contributed by atoms with E-state index in [9.17, 15) is 9.59 Å². The van der Waals surface area contributed by atoms with E-state index in [-0.39, 0.29) is 24.2 Å². The summed E-state index contributed by atoms with van der Waals surface area (Å²) in [6.45, 7) is 4.01. The molecule has 0 saturated heterocycles.